The van der Waals surface area contributed by atoms with Gasteiger partial charge in [0.2, 0.25) is 5.91 Å². The molecule has 0 bridgehead atoms. The zero-order chi connectivity index (χ0) is 25.9. The molecule has 1 unspecified atom stereocenters. The van der Waals surface area contributed by atoms with Gasteiger partial charge in [-0.1, -0.05) is 73.5 Å². The number of nitrogens with zero attached hydrogens (tertiary/aromatic N) is 1. The molecule has 0 fully saturated rings. The lowest BCUT2D eigenvalue weighted by Gasteiger charge is -2.41. The van der Waals surface area contributed by atoms with Gasteiger partial charge >= 0.3 is 0 Å². The van der Waals surface area contributed by atoms with E-state index < -0.39 is 28.1 Å². The highest BCUT2D eigenvalue weighted by atomic mass is 35.5. The number of nitrogens with one attached hydrogen (secondary N) is 1. The van der Waals surface area contributed by atoms with E-state index in [1.807, 2.05) is 31.2 Å². The van der Waals surface area contributed by atoms with Crippen LogP contribution in [0.25, 0.3) is 0 Å². The number of sulfonamides is 1. The minimum absolute atomic E-state index is 0.0909. The Balaban J connectivity index is 1.66. The number of hydrogen-bond donors (Lipinski definition) is 1. The molecule has 4 rings (SSSR count). The molecular weight excluding hydrogens is 496 g/mol. The molecule has 0 aromatic heterocycles. The number of hydrogen-bond acceptors (Lipinski definition) is 4. The standard InChI is InChI=1S/C28H31ClN2O4S/c1-4-28(5-2)18-24(22-10-6-9-13-26(22)35-28)30-27(32)19-31(25-12-8-7-11-23(25)29)36(33,34)21-16-14-20(3)15-17-21/h6-17,24H,4-5,18-19H2,1-3H3,(H,30,32). The summed E-state index contributed by atoms with van der Waals surface area (Å²) in [6, 6.07) is 20.5. The Bertz CT molecular complexity index is 1340. The first-order chi connectivity index (χ1) is 17.2. The Morgan fingerprint density at radius 3 is 2.33 bits per heavy atom. The average Bonchev–Trinajstić information content (AvgIpc) is 2.88. The summed E-state index contributed by atoms with van der Waals surface area (Å²) in [4.78, 5) is 13.5. The van der Waals surface area contributed by atoms with Crippen molar-refractivity contribution < 1.29 is 17.9 Å². The fourth-order valence-corrected chi connectivity index (χ4v) is 6.32. The van der Waals surface area contributed by atoms with E-state index in [2.05, 4.69) is 19.2 Å². The van der Waals surface area contributed by atoms with E-state index in [0.717, 1.165) is 34.0 Å². The number of benzene rings is 3. The first-order valence-corrected chi connectivity index (χ1v) is 13.9. The zero-order valence-corrected chi connectivity index (χ0v) is 22.3. The summed E-state index contributed by atoms with van der Waals surface area (Å²) in [6.45, 7) is 5.62. The minimum Gasteiger partial charge on any atom is -0.487 e. The van der Waals surface area contributed by atoms with Crippen molar-refractivity contribution in [2.75, 3.05) is 10.8 Å². The third-order valence-electron chi connectivity index (χ3n) is 6.84. The minimum atomic E-state index is -4.06. The van der Waals surface area contributed by atoms with Crippen LogP contribution in [0.4, 0.5) is 5.69 Å². The number of ether oxygens (including phenoxy) is 1. The van der Waals surface area contributed by atoms with Crippen molar-refractivity contribution in [3.8, 4) is 5.75 Å². The van der Waals surface area contributed by atoms with Crippen LogP contribution in [0.15, 0.2) is 77.7 Å². The number of fused-ring (bicyclic) bond motifs is 1. The summed E-state index contributed by atoms with van der Waals surface area (Å²) in [5, 5.41) is 3.33. The van der Waals surface area contributed by atoms with Gasteiger partial charge in [-0.25, -0.2) is 8.42 Å². The molecule has 1 amide bonds. The van der Waals surface area contributed by atoms with Gasteiger partial charge in [-0.15, -0.1) is 0 Å². The van der Waals surface area contributed by atoms with Crippen molar-refractivity contribution in [3.05, 3.63) is 88.9 Å². The largest absolute Gasteiger partial charge is 0.487 e. The fraction of sp³-hybridized carbons (Fsp3) is 0.321. The SMILES string of the molecule is CCC1(CC)CC(NC(=O)CN(c2ccccc2Cl)S(=O)(=O)c2ccc(C)cc2)c2ccccc2O1. The Kier molecular flexibility index (Phi) is 7.62. The normalized spacial score (nSPS) is 16.5. The maximum absolute atomic E-state index is 13.7. The lowest BCUT2D eigenvalue weighted by Crippen LogP contribution is -2.47. The van der Waals surface area contributed by atoms with Crippen LogP contribution in [0.2, 0.25) is 5.02 Å². The molecule has 0 aliphatic carbocycles. The highest BCUT2D eigenvalue weighted by molar-refractivity contribution is 7.92. The van der Waals surface area contributed by atoms with Crippen molar-refractivity contribution in [3.63, 3.8) is 0 Å². The van der Waals surface area contributed by atoms with Crippen molar-refractivity contribution in [2.45, 2.75) is 56.6 Å². The highest BCUT2D eigenvalue weighted by Crippen LogP contribution is 2.42. The molecule has 0 saturated heterocycles. The van der Waals surface area contributed by atoms with Gasteiger partial charge in [-0.3, -0.25) is 9.10 Å². The predicted molar refractivity (Wildman–Crippen MR) is 143 cm³/mol. The molecule has 0 radical (unpaired) electrons. The van der Waals surface area contributed by atoms with Crippen LogP contribution in [0.3, 0.4) is 0 Å². The summed E-state index contributed by atoms with van der Waals surface area (Å²) >= 11 is 6.40. The third-order valence-corrected chi connectivity index (χ3v) is 8.93. The molecule has 0 spiro atoms. The van der Waals surface area contributed by atoms with E-state index in [1.54, 1.807) is 36.4 Å². The van der Waals surface area contributed by atoms with E-state index >= 15 is 0 Å². The molecule has 8 heteroatoms. The molecule has 1 aliphatic rings. The van der Waals surface area contributed by atoms with Gasteiger partial charge in [0.25, 0.3) is 10.0 Å². The fourth-order valence-electron chi connectivity index (χ4n) is 4.59. The van der Waals surface area contributed by atoms with Gasteiger partial charge < -0.3 is 10.1 Å². The van der Waals surface area contributed by atoms with Gasteiger partial charge in [0, 0.05) is 12.0 Å². The lowest BCUT2D eigenvalue weighted by atomic mass is 9.83. The molecule has 190 valence electrons. The number of carbonyl (C=O) groups is 1. The van der Waals surface area contributed by atoms with Crippen molar-refractivity contribution in [2.24, 2.45) is 0 Å². The second kappa shape index (κ2) is 10.5. The summed E-state index contributed by atoms with van der Waals surface area (Å²) in [7, 11) is -4.06. The molecule has 1 aliphatic heterocycles. The molecule has 6 nitrogen and oxygen atoms in total. The molecule has 1 N–H and O–H groups in total. The van der Waals surface area contributed by atoms with E-state index in [-0.39, 0.29) is 21.6 Å². The van der Waals surface area contributed by atoms with E-state index in [0.29, 0.717) is 6.42 Å². The number of rotatable bonds is 8. The van der Waals surface area contributed by atoms with E-state index in [1.165, 1.54) is 12.1 Å². The van der Waals surface area contributed by atoms with Gasteiger partial charge in [-0.2, -0.15) is 0 Å². The first-order valence-electron chi connectivity index (χ1n) is 12.1. The zero-order valence-electron chi connectivity index (χ0n) is 20.7. The lowest BCUT2D eigenvalue weighted by molar-refractivity contribution is -0.121. The molecule has 1 atom stereocenters. The number of para-hydroxylation sites is 2. The summed E-state index contributed by atoms with van der Waals surface area (Å²) in [5.41, 5.74) is 1.67. The van der Waals surface area contributed by atoms with Crippen LogP contribution >= 0.6 is 11.6 Å². The number of halogens is 1. The number of anilines is 1. The van der Waals surface area contributed by atoms with Crippen molar-refractivity contribution in [1.82, 2.24) is 5.32 Å². The van der Waals surface area contributed by atoms with Crippen LogP contribution in [-0.4, -0.2) is 26.5 Å². The van der Waals surface area contributed by atoms with Crippen molar-refractivity contribution in [1.29, 1.82) is 0 Å². The number of carbonyl (C=O) groups excluding carboxylic acids is 1. The monoisotopic (exact) mass is 526 g/mol. The first kappa shape index (κ1) is 26.0. The molecule has 1 heterocycles. The summed E-state index contributed by atoms with van der Waals surface area (Å²) < 4.78 is 34.8. The van der Waals surface area contributed by atoms with Crippen LogP contribution in [0, 0.1) is 6.92 Å². The predicted octanol–water partition coefficient (Wildman–Crippen LogP) is 6.04. The van der Waals surface area contributed by atoms with E-state index in [9.17, 15) is 13.2 Å². The topological polar surface area (TPSA) is 75.7 Å². The Morgan fingerprint density at radius 1 is 1.03 bits per heavy atom. The van der Waals surface area contributed by atoms with Gasteiger partial charge in [0.1, 0.15) is 17.9 Å². The average molecular weight is 527 g/mol. The molecule has 3 aromatic carbocycles. The highest BCUT2D eigenvalue weighted by Gasteiger charge is 2.39. The summed E-state index contributed by atoms with van der Waals surface area (Å²) in [6.07, 6.45) is 2.18. The Hall–Kier alpha value is -3.03. The molecule has 3 aromatic rings. The van der Waals surface area contributed by atoms with Crippen LogP contribution in [0.1, 0.15) is 50.3 Å². The number of amides is 1. The second-order valence-electron chi connectivity index (χ2n) is 9.13. The third kappa shape index (κ3) is 5.22. The van der Waals surface area contributed by atoms with Crippen LogP contribution in [-0.2, 0) is 14.8 Å². The Morgan fingerprint density at radius 2 is 1.67 bits per heavy atom. The van der Waals surface area contributed by atoms with Gasteiger partial charge in [-0.05, 0) is 50.1 Å². The van der Waals surface area contributed by atoms with Crippen LogP contribution < -0.4 is 14.4 Å². The molecular formula is C28H31ClN2O4S. The molecule has 0 saturated carbocycles. The van der Waals surface area contributed by atoms with Gasteiger partial charge in [0.15, 0.2) is 0 Å². The van der Waals surface area contributed by atoms with E-state index in [4.69, 9.17) is 16.3 Å². The maximum atomic E-state index is 13.7. The number of aryl methyl sites for hydroxylation is 1. The quantitative estimate of drug-likeness (QED) is 0.388. The van der Waals surface area contributed by atoms with Gasteiger partial charge in [0.05, 0.1) is 21.6 Å². The molecule has 36 heavy (non-hydrogen) atoms. The maximum Gasteiger partial charge on any atom is 0.264 e. The summed E-state index contributed by atoms with van der Waals surface area (Å²) in [5.74, 6) is 0.321. The second-order valence-corrected chi connectivity index (χ2v) is 11.4. The van der Waals surface area contributed by atoms with Crippen molar-refractivity contribution >= 4 is 33.2 Å². The smallest absolute Gasteiger partial charge is 0.264 e. The Labute approximate surface area is 218 Å². The van der Waals surface area contributed by atoms with Crippen LogP contribution in [0.5, 0.6) is 5.75 Å².